The normalized spacial score (nSPS) is 21.8. The predicted molar refractivity (Wildman–Crippen MR) is 67.2 cm³/mol. The van der Waals surface area contributed by atoms with Gasteiger partial charge in [-0.05, 0) is 19.8 Å². The number of ether oxygens (including phenoxy) is 1. The first-order chi connectivity index (χ1) is 7.50. The first-order valence-electron chi connectivity index (χ1n) is 5.66. The molecule has 0 radical (unpaired) electrons. The minimum absolute atomic E-state index is 0.0615. The smallest absolute Gasteiger partial charge is 0.225 e. The van der Waals surface area contributed by atoms with E-state index in [2.05, 4.69) is 0 Å². The molecule has 0 aromatic carbocycles. The highest BCUT2D eigenvalue weighted by Crippen LogP contribution is 2.17. The van der Waals surface area contributed by atoms with Crippen molar-refractivity contribution in [1.82, 2.24) is 4.90 Å². The molecule has 0 aromatic rings. The zero-order valence-corrected chi connectivity index (χ0v) is 10.8. The van der Waals surface area contributed by atoms with Crippen molar-refractivity contribution in [2.45, 2.75) is 44.8 Å². The molecule has 1 aliphatic heterocycles. The average Bonchev–Trinajstić information content (AvgIpc) is 2.68. The number of nitrogens with two attached hydrogens (primary N) is 1. The van der Waals surface area contributed by atoms with E-state index in [0.717, 1.165) is 19.4 Å². The Morgan fingerprint density at radius 1 is 1.69 bits per heavy atom. The number of hydrogen-bond donors (Lipinski definition) is 1. The average molecular weight is 244 g/mol. The van der Waals surface area contributed by atoms with Gasteiger partial charge in [0.1, 0.15) is 0 Å². The molecule has 4 nitrogen and oxygen atoms in total. The maximum Gasteiger partial charge on any atom is 0.225 e. The molecular weight excluding hydrogens is 224 g/mol. The lowest BCUT2D eigenvalue weighted by molar-refractivity contribution is -0.133. The number of rotatable bonds is 5. The van der Waals surface area contributed by atoms with Crippen LogP contribution in [0.25, 0.3) is 0 Å². The summed E-state index contributed by atoms with van der Waals surface area (Å²) in [5, 5.41) is 0. The van der Waals surface area contributed by atoms with Crippen molar-refractivity contribution in [3.63, 3.8) is 0 Å². The third kappa shape index (κ3) is 4.06. The quantitative estimate of drug-likeness (QED) is 0.735. The Hall–Kier alpha value is -0.680. The molecule has 0 aromatic heterocycles. The number of carbonyl (C=O) groups is 1. The van der Waals surface area contributed by atoms with E-state index in [9.17, 15) is 4.79 Å². The fourth-order valence-corrected chi connectivity index (χ4v) is 2.06. The van der Waals surface area contributed by atoms with Crippen LogP contribution in [0.5, 0.6) is 0 Å². The van der Waals surface area contributed by atoms with Gasteiger partial charge in [0.05, 0.1) is 17.5 Å². The maximum atomic E-state index is 11.9. The zero-order chi connectivity index (χ0) is 12.1. The summed E-state index contributed by atoms with van der Waals surface area (Å²) >= 11 is 4.84. The van der Waals surface area contributed by atoms with Gasteiger partial charge in [0.15, 0.2) is 0 Å². The fourth-order valence-electron chi connectivity index (χ4n) is 1.82. The van der Waals surface area contributed by atoms with Crippen molar-refractivity contribution in [1.29, 1.82) is 0 Å². The van der Waals surface area contributed by atoms with E-state index in [1.54, 1.807) is 11.9 Å². The molecule has 1 saturated heterocycles. The first kappa shape index (κ1) is 13.4. The van der Waals surface area contributed by atoms with E-state index in [4.69, 9.17) is 22.7 Å². The van der Waals surface area contributed by atoms with E-state index in [1.165, 1.54) is 0 Å². The van der Waals surface area contributed by atoms with Crippen LogP contribution in [0.3, 0.4) is 0 Å². The van der Waals surface area contributed by atoms with Gasteiger partial charge in [0.25, 0.3) is 0 Å². The van der Waals surface area contributed by atoms with E-state index < -0.39 is 0 Å². The number of nitrogens with zero attached hydrogens (tertiary/aromatic N) is 1. The lowest BCUT2D eigenvalue weighted by Crippen LogP contribution is -2.38. The van der Waals surface area contributed by atoms with Gasteiger partial charge < -0.3 is 15.4 Å². The molecule has 1 heterocycles. The van der Waals surface area contributed by atoms with Crippen molar-refractivity contribution < 1.29 is 9.53 Å². The fraction of sp³-hybridized carbons (Fsp3) is 0.818. The lowest BCUT2D eigenvalue weighted by Gasteiger charge is -2.25. The SMILES string of the molecule is CC(CC(N)=S)N(C)C(=O)CC1CCCO1. The molecule has 2 atom stereocenters. The highest BCUT2D eigenvalue weighted by molar-refractivity contribution is 7.80. The molecule has 16 heavy (non-hydrogen) atoms. The number of carbonyl (C=O) groups excluding carboxylic acids is 1. The molecule has 1 rings (SSSR count). The molecule has 1 amide bonds. The Bertz CT molecular complexity index is 265. The number of thiocarbonyl (C=S) groups is 1. The van der Waals surface area contributed by atoms with Gasteiger partial charge in [-0.2, -0.15) is 0 Å². The van der Waals surface area contributed by atoms with E-state index in [-0.39, 0.29) is 18.1 Å². The highest BCUT2D eigenvalue weighted by Gasteiger charge is 2.23. The van der Waals surface area contributed by atoms with Crippen LogP contribution in [-0.2, 0) is 9.53 Å². The van der Waals surface area contributed by atoms with E-state index in [1.807, 2.05) is 6.92 Å². The second kappa shape index (κ2) is 6.15. The first-order valence-corrected chi connectivity index (χ1v) is 6.07. The molecule has 0 spiro atoms. The molecular formula is C11H20N2O2S. The van der Waals surface area contributed by atoms with Gasteiger partial charge in [-0.25, -0.2) is 0 Å². The molecule has 0 saturated carbocycles. The second-order valence-corrected chi connectivity index (χ2v) is 4.89. The highest BCUT2D eigenvalue weighted by atomic mass is 32.1. The minimum Gasteiger partial charge on any atom is -0.393 e. The topological polar surface area (TPSA) is 55.6 Å². The summed E-state index contributed by atoms with van der Waals surface area (Å²) in [6.45, 7) is 2.73. The van der Waals surface area contributed by atoms with E-state index >= 15 is 0 Å². The van der Waals surface area contributed by atoms with Gasteiger partial charge >= 0.3 is 0 Å². The van der Waals surface area contributed by atoms with Crippen LogP contribution < -0.4 is 5.73 Å². The van der Waals surface area contributed by atoms with Crippen molar-refractivity contribution >= 4 is 23.1 Å². The van der Waals surface area contributed by atoms with Crippen LogP contribution in [0.4, 0.5) is 0 Å². The Morgan fingerprint density at radius 2 is 2.38 bits per heavy atom. The Morgan fingerprint density at radius 3 is 2.88 bits per heavy atom. The lowest BCUT2D eigenvalue weighted by atomic mass is 10.1. The van der Waals surface area contributed by atoms with Crippen LogP contribution in [0.1, 0.15) is 32.6 Å². The predicted octanol–water partition coefficient (Wildman–Crippen LogP) is 1.08. The largest absolute Gasteiger partial charge is 0.393 e. The number of amides is 1. The van der Waals surface area contributed by atoms with Crippen LogP contribution in [0.15, 0.2) is 0 Å². The Labute approximate surface area is 102 Å². The summed E-state index contributed by atoms with van der Waals surface area (Å²) in [6.07, 6.45) is 3.20. The van der Waals surface area contributed by atoms with Crippen LogP contribution in [0.2, 0.25) is 0 Å². The second-order valence-electron chi connectivity index (χ2n) is 4.36. The van der Waals surface area contributed by atoms with Crippen molar-refractivity contribution in [2.24, 2.45) is 5.73 Å². The molecule has 92 valence electrons. The molecule has 0 aliphatic carbocycles. The third-order valence-electron chi connectivity index (χ3n) is 2.98. The van der Waals surface area contributed by atoms with Crippen LogP contribution in [0, 0.1) is 0 Å². The minimum atomic E-state index is 0.0615. The third-order valence-corrected chi connectivity index (χ3v) is 3.14. The summed E-state index contributed by atoms with van der Waals surface area (Å²) in [7, 11) is 1.79. The molecule has 1 fully saturated rings. The van der Waals surface area contributed by atoms with E-state index in [0.29, 0.717) is 17.8 Å². The maximum absolute atomic E-state index is 11.9. The molecule has 0 bridgehead atoms. The summed E-state index contributed by atoms with van der Waals surface area (Å²) < 4.78 is 5.44. The molecule has 1 aliphatic rings. The van der Waals surface area contributed by atoms with Crippen LogP contribution in [-0.4, -0.2) is 41.6 Å². The van der Waals surface area contributed by atoms with Gasteiger partial charge in [0, 0.05) is 26.1 Å². The van der Waals surface area contributed by atoms with Crippen LogP contribution >= 0.6 is 12.2 Å². The summed E-state index contributed by atoms with van der Waals surface area (Å²) in [5.74, 6) is 0.107. The molecule has 2 unspecified atom stereocenters. The molecule has 5 heteroatoms. The summed E-state index contributed by atoms with van der Waals surface area (Å²) in [6, 6.07) is 0.0615. The van der Waals surface area contributed by atoms with Crippen molar-refractivity contribution in [3.05, 3.63) is 0 Å². The Balaban J connectivity index is 2.36. The summed E-state index contributed by atoms with van der Waals surface area (Å²) in [4.78, 5) is 14.0. The van der Waals surface area contributed by atoms with Crippen molar-refractivity contribution in [2.75, 3.05) is 13.7 Å². The standard InChI is InChI=1S/C11H20N2O2S/c1-8(6-10(12)16)13(2)11(14)7-9-4-3-5-15-9/h8-9H,3-7H2,1-2H3,(H2,12,16). The van der Waals surface area contributed by atoms with Gasteiger partial charge in [-0.3, -0.25) is 4.79 Å². The monoisotopic (exact) mass is 244 g/mol. The zero-order valence-electron chi connectivity index (χ0n) is 9.94. The molecule has 2 N–H and O–H groups in total. The summed E-state index contributed by atoms with van der Waals surface area (Å²) in [5.41, 5.74) is 5.46. The van der Waals surface area contributed by atoms with Crippen molar-refractivity contribution in [3.8, 4) is 0 Å². The Kier molecular flexibility index (Phi) is 5.15. The van der Waals surface area contributed by atoms with Gasteiger partial charge in [0.2, 0.25) is 5.91 Å². The van der Waals surface area contributed by atoms with Gasteiger partial charge in [-0.15, -0.1) is 0 Å². The van der Waals surface area contributed by atoms with Gasteiger partial charge in [-0.1, -0.05) is 12.2 Å². The number of hydrogen-bond acceptors (Lipinski definition) is 3.